The van der Waals surface area contributed by atoms with Gasteiger partial charge in [0, 0.05) is 11.0 Å². The fraction of sp³-hybridized carbons (Fsp3) is 0.100. The second kappa shape index (κ2) is 4.98. The highest BCUT2D eigenvalue weighted by molar-refractivity contribution is 9.11. The summed E-state index contributed by atoms with van der Waals surface area (Å²) in [6.07, 6.45) is 0. The molecule has 0 saturated heterocycles. The van der Waals surface area contributed by atoms with E-state index in [4.69, 9.17) is 10.8 Å². The van der Waals surface area contributed by atoms with E-state index in [0.29, 0.717) is 16.7 Å². The van der Waals surface area contributed by atoms with Gasteiger partial charge in [0.05, 0.1) is 16.9 Å². The van der Waals surface area contributed by atoms with Crippen LogP contribution < -0.4 is 11.1 Å². The van der Waals surface area contributed by atoms with Crippen molar-refractivity contribution in [2.75, 3.05) is 17.6 Å². The number of anilines is 2. The van der Waals surface area contributed by atoms with Gasteiger partial charge in [-0.2, -0.15) is 0 Å². The zero-order chi connectivity index (χ0) is 12.3. The van der Waals surface area contributed by atoms with Crippen molar-refractivity contribution in [3.8, 4) is 0 Å². The van der Waals surface area contributed by atoms with Crippen molar-refractivity contribution in [3.05, 3.63) is 34.6 Å². The van der Waals surface area contributed by atoms with Crippen LogP contribution in [0.3, 0.4) is 0 Å². The van der Waals surface area contributed by atoms with E-state index in [0.717, 1.165) is 12.1 Å². The number of halogens is 2. The summed E-state index contributed by atoms with van der Waals surface area (Å²) >= 11 is 3.13. The Balaban J connectivity index is 3.01. The van der Waals surface area contributed by atoms with Gasteiger partial charge in [0.25, 0.3) is 0 Å². The Kier molecular flexibility index (Phi) is 3.89. The van der Waals surface area contributed by atoms with Crippen LogP contribution in [0.2, 0.25) is 0 Å². The molecule has 0 atom stereocenters. The smallest absolute Gasteiger partial charge is 0.338 e. The molecular weight excluding hydrogens is 279 g/mol. The molecule has 4 N–H and O–H groups in total. The Bertz CT molecular complexity index is 449. The first-order chi connectivity index (χ1) is 7.41. The fourth-order valence-electron chi connectivity index (χ4n) is 1.10. The second-order valence-corrected chi connectivity index (χ2v) is 4.22. The van der Waals surface area contributed by atoms with E-state index in [2.05, 4.69) is 27.8 Å². The van der Waals surface area contributed by atoms with Crippen LogP contribution in [0.4, 0.5) is 15.8 Å². The van der Waals surface area contributed by atoms with Gasteiger partial charge in [-0.3, -0.25) is 0 Å². The summed E-state index contributed by atoms with van der Waals surface area (Å²) in [5.74, 6) is -2.18. The third kappa shape index (κ3) is 2.96. The lowest BCUT2D eigenvalue weighted by Gasteiger charge is -2.10. The molecule has 0 unspecified atom stereocenters. The summed E-state index contributed by atoms with van der Waals surface area (Å²) in [6, 6.07) is 2.13. The zero-order valence-electron chi connectivity index (χ0n) is 8.26. The summed E-state index contributed by atoms with van der Waals surface area (Å²) in [4.78, 5) is 10.6. The summed E-state index contributed by atoms with van der Waals surface area (Å²) < 4.78 is 14.0. The third-order valence-electron chi connectivity index (χ3n) is 1.84. The van der Waals surface area contributed by atoms with E-state index >= 15 is 0 Å². The first-order valence-corrected chi connectivity index (χ1v) is 5.10. The maximum absolute atomic E-state index is 13.3. The Morgan fingerprint density at radius 3 is 2.75 bits per heavy atom. The number of hydrogen-bond acceptors (Lipinski definition) is 3. The van der Waals surface area contributed by atoms with E-state index < -0.39 is 17.3 Å². The van der Waals surface area contributed by atoms with Gasteiger partial charge in [-0.25, -0.2) is 9.18 Å². The number of benzene rings is 1. The van der Waals surface area contributed by atoms with Crippen LogP contribution in [0.15, 0.2) is 23.2 Å². The molecule has 1 rings (SSSR count). The van der Waals surface area contributed by atoms with Crippen molar-refractivity contribution in [2.45, 2.75) is 0 Å². The first kappa shape index (κ1) is 12.5. The monoisotopic (exact) mass is 288 g/mol. The average molecular weight is 289 g/mol. The number of carboxylic acids is 1. The van der Waals surface area contributed by atoms with Crippen molar-refractivity contribution in [1.29, 1.82) is 0 Å². The Morgan fingerprint density at radius 1 is 1.62 bits per heavy atom. The lowest BCUT2D eigenvalue weighted by Crippen LogP contribution is -2.08. The molecule has 0 saturated carbocycles. The van der Waals surface area contributed by atoms with Crippen LogP contribution in [-0.2, 0) is 0 Å². The molecule has 0 bridgehead atoms. The molecule has 0 aromatic heterocycles. The molecular formula is C10H10BrFN2O2. The molecule has 0 aliphatic rings. The predicted molar refractivity (Wildman–Crippen MR) is 64.3 cm³/mol. The topological polar surface area (TPSA) is 75.3 Å². The number of rotatable bonds is 4. The van der Waals surface area contributed by atoms with Crippen LogP contribution in [0.5, 0.6) is 0 Å². The normalized spacial score (nSPS) is 9.88. The van der Waals surface area contributed by atoms with E-state index in [-0.39, 0.29) is 5.69 Å². The van der Waals surface area contributed by atoms with E-state index in [9.17, 15) is 9.18 Å². The Morgan fingerprint density at radius 2 is 2.25 bits per heavy atom. The van der Waals surface area contributed by atoms with E-state index in [1.54, 1.807) is 0 Å². The molecule has 0 fully saturated rings. The minimum Gasteiger partial charge on any atom is -0.478 e. The number of carbonyl (C=O) groups is 1. The summed E-state index contributed by atoms with van der Waals surface area (Å²) in [5.41, 5.74) is 5.64. The number of nitrogen functional groups attached to an aromatic ring is 1. The van der Waals surface area contributed by atoms with Crippen molar-refractivity contribution < 1.29 is 14.3 Å². The molecule has 0 heterocycles. The van der Waals surface area contributed by atoms with Gasteiger partial charge in [-0.1, -0.05) is 22.5 Å². The average Bonchev–Trinajstić information content (AvgIpc) is 2.18. The second-order valence-electron chi connectivity index (χ2n) is 3.10. The highest BCUT2D eigenvalue weighted by Crippen LogP contribution is 2.23. The lowest BCUT2D eigenvalue weighted by molar-refractivity contribution is 0.0692. The van der Waals surface area contributed by atoms with Crippen LogP contribution in [0.1, 0.15) is 10.4 Å². The minimum absolute atomic E-state index is 0.174. The summed E-state index contributed by atoms with van der Waals surface area (Å²) in [7, 11) is 0. The quantitative estimate of drug-likeness (QED) is 0.744. The summed E-state index contributed by atoms with van der Waals surface area (Å²) in [5, 5.41) is 11.5. The number of nitrogens with two attached hydrogens (primary N) is 1. The van der Waals surface area contributed by atoms with Gasteiger partial charge in [0.2, 0.25) is 0 Å². The van der Waals surface area contributed by atoms with Crippen molar-refractivity contribution in [3.63, 3.8) is 0 Å². The Hall–Kier alpha value is -1.56. The van der Waals surface area contributed by atoms with Crippen molar-refractivity contribution >= 4 is 33.3 Å². The van der Waals surface area contributed by atoms with Crippen molar-refractivity contribution in [1.82, 2.24) is 0 Å². The van der Waals surface area contributed by atoms with Crippen LogP contribution in [0.25, 0.3) is 0 Å². The van der Waals surface area contributed by atoms with Crippen LogP contribution in [-0.4, -0.2) is 17.6 Å². The van der Waals surface area contributed by atoms with Crippen molar-refractivity contribution in [2.24, 2.45) is 0 Å². The molecule has 0 aliphatic carbocycles. The number of hydrogen-bond donors (Lipinski definition) is 3. The number of aromatic carboxylic acids is 1. The molecule has 1 aromatic rings. The van der Waals surface area contributed by atoms with Gasteiger partial charge in [-0.05, 0) is 12.1 Å². The first-order valence-electron chi connectivity index (χ1n) is 4.31. The predicted octanol–water partition coefficient (Wildman–Crippen LogP) is 2.43. The van der Waals surface area contributed by atoms with Crippen LogP contribution in [0, 0.1) is 5.82 Å². The fourth-order valence-corrected chi connectivity index (χ4v) is 1.24. The molecule has 86 valence electrons. The maximum atomic E-state index is 13.3. The molecule has 16 heavy (non-hydrogen) atoms. The molecule has 1 aromatic carbocycles. The van der Waals surface area contributed by atoms with Gasteiger partial charge >= 0.3 is 5.97 Å². The molecule has 4 nitrogen and oxygen atoms in total. The molecule has 0 radical (unpaired) electrons. The van der Waals surface area contributed by atoms with Crippen LogP contribution >= 0.6 is 15.9 Å². The largest absolute Gasteiger partial charge is 0.478 e. The molecule has 6 heteroatoms. The molecule has 0 spiro atoms. The number of carboxylic acid groups (broad SMARTS) is 1. The zero-order valence-corrected chi connectivity index (χ0v) is 9.84. The maximum Gasteiger partial charge on any atom is 0.338 e. The Labute approximate surface area is 100 Å². The van der Waals surface area contributed by atoms with Gasteiger partial charge in [0.1, 0.15) is 5.82 Å². The molecule has 0 amide bonds. The van der Waals surface area contributed by atoms with E-state index in [1.807, 2.05) is 0 Å². The third-order valence-corrected chi connectivity index (χ3v) is 2.12. The minimum atomic E-state index is -1.35. The van der Waals surface area contributed by atoms with Gasteiger partial charge in [-0.15, -0.1) is 0 Å². The lowest BCUT2D eigenvalue weighted by atomic mass is 10.1. The van der Waals surface area contributed by atoms with E-state index in [1.165, 1.54) is 0 Å². The standard InChI is InChI=1S/C10H10BrFN2O2/c1-5(11)4-14-9-3-7(12)6(10(15)16)2-8(9)13/h2-3,14H,1,4,13H2,(H,15,16). The molecule has 0 aliphatic heterocycles. The van der Waals surface area contributed by atoms with Gasteiger partial charge in [0.15, 0.2) is 0 Å². The van der Waals surface area contributed by atoms with Gasteiger partial charge < -0.3 is 16.2 Å². The highest BCUT2D eigenvalue weighted by Gasteiger charge is 2.13. The summed E-state index contributed by atoms with van der Waals surface area (Å²) in [6.45, 7) is 3.96. The SMILES string of the molecule is C=C(Br)CNc1cc(F)c(C(=O)O)cc1N. The highest BCUT2D eigenvalue weighted by atomic mass is 79.9. The number of nitrogens with one attached hydrogen (secondary N) is 1.